The number of hydrogen-bond donors (Lipinski definition) is 1. The van der Waals surface area contributed by atoms with Gasteiger partial charge in [0.2, 0.25) is 0 Å². The highest BCUT2D eigenvalue weighted by molar-refractivity contribution is 9.10. The molecule has 0 saturated carbocycles. The van der Waals surface area contributed by atoms with Gasteiger partial charge in [0.1, 0.15) is 6.61 Å². The fraction of sp³-hybridized carbons (Fsp3) is 0.200. The maximum atomic E-state index is 12.9. The van der Waals surface area contributed by atoms with E-state index in [1.807, 2.05) is 48.5 Å². The lowest BCUT2D eigenvalue weighted by molar-refractivity contribution is -0.137. The van der Waals surface area contributed by atoms with Crippen LogP contribution in [0.15, 0.2) is 77.3 Å². The van der Waals surface area contributed by atoms with Crippen molar-refractivity contribution in [2.75, 3.05) is 13.2 Å². The lowest BCUT2D eigenvalue weighted by Crippen LogP contribution is -2.34. The van der Waals surface area contributed by atoms with Crippen LogP contribution in [0.5, 0.6) is 0 Å². The van der Waals surface area contributed by atoms with Crippen molar-refractivity contribution >= 4 is 28.0 Å². The number of rotatable bonds is 7. The van der Waals surface area contributed by atoms with Gasteiger partial charge in [-0.05, 0) is 39.9 Å². The van der Waals surface area contributed by atoms with Gasteiger partial charge in [-0.3, -0.25) is 4.79 Å². The zero-order valence-electron chi connectivity index (χ0n) is 16.8. The van der Waals surface area contributed by atoms with Crippen molar-refractivity contribution in [3.63, 3.8) is 0 Å². The fourth-order valence-corrected chi connectivity index (χ4v) is 4.45. The average molecular weight is 480 g/mol. The number of carboxylic acids is 1. The first kappa shape index (κ1) is 21.1. The molecule has 0 bridgehead atoms. The van der Waals surface area contributed by atoms with Gasteiger partial charge in [-0.1, -0.05) is 76.6 Å². The van der Waals surface area contributed by atoms with Crippen LogP contribution in [0.2, 0.25) is 0 Å². The highest BCUT2D eigenvalue weighted by Gasteiger charge is 2.29. The molecule has 0 aliphatic heterocycles. The summed E-state index contributed by atoms with van der Waals surface area (Å²) >= 11 is 3.43. The molecule has 1 amide bonds. The Kier molecular flexibility index (Phi) is 6.37. The molecule has 1 aliphatic rings. The van der Waals surface area contributed by atoms with E-state index in [-0.39, 0.29) is 32.0 Å². The molecule has 1 aliphatic carbocycles. The summed E-state index contributed by atoms with van der Waals surface area (Å²) in [7, 11) is 0. The number of carbonyl (C=O) groups is 2. The molecule has 0 atom stereocenters. The molecule has 1 N–H and O–H groups in total. The second-order valence-electron chi connectivity index (χ2n) is 7.50. The first-order chi connectivity index (χ1) is 15.0. The highest BCUT2D eigenvalue weighted by Crippen LogP contribution is 2.44. The van der Waals surface area contributed by atoms with Crippen LogP contribution in [-0.2, 0) is 16.1 Å². The maximum Gasteiger partial charge on any atom is 0.410 e. The maximum absolute atomic E-state index is 12.9. The molecular formula is C25H22BrNO4. The minimum Gasteiger partial charge on any atom is -0.481 e. The molecule has 5 nitrogen and oxygen atoms in total. The van der Waals surface area contributed by atoms with E-state index in [1.54, 1.807) is 0 Å². The zero-order valence-corrected chi connectivity index (χ0v) is 18.4. The molecule has 0 spiro atoms. The Balaban J connectivity index is 1.50. The van der Waals surface area contributed by atoms with Crippen LogP contribution in [0.1, 0.15) is 29.0 Å². The number of ether oxygens (including phenoxy) is 1. The normalized spacial score (nSPS) is 12.2. The molecule has 158 valence electrons. The summed E-state index contributed by atoms with van der Waals surface area (Å²) in [5.41, 5.74) is 5.50. The molecule has 3 aromatic carbocycles. The van der Waals surface area contributed by atoms with Crippen LogP contribution >= 0.6 is 15.9 Å². The van der Waals surface area contributed by atoms with Crippen molar-refractivity contribution in [1.82, 2.24) is 4.90 Å². The van der Waals surface area contributed by atoms with Crippen LogP contribution in [0, 0.1) is 0 Å². The Bertz CT molecular complexity index is 1070. The summed E-state index contributed by atoms with van der Waals surface area (Å²) in [6.45, 7) is 0.566. The summed E-state index contributed by atoms with van der Waals surface area (Å²) in [6.07, 6.45) is -0.652. The van der Waals surface area contributed by atoms with Gasteiger partial charge in [0.05, 0.1) is 6.42 Å². The van der Waals surface area contributed by atoms with Crippen LogP contribution in [0.25, 0.3) is 11.1 Å². The zero-order chi connectivity index (χ0) is 21.8. The van der Waals surface area contributed by atoms with Gasteiger partial charge in [0.25, 0.3) is 0 Å². The van der Waals surface area contributed by atoms with E-state index in [4.69, 9.17) is 9.84 Å². The SMILES string of the molecule is O=C(O)CCN(Cc1cccc(Br)c1)C(=O)OCC1c2ccccc2-c2ccccc21. The molecule has 4 rings (SSSR count). The van der Waals surface area contributed by atoms with Crippen molar-refractivity contribution in [1.29, 1.82) is 0 Å². The van der Waals surface area contributed by atoms with Crippen molar-refractivity contribution in [2.45, 2.75) is 18.9 Å². The van der Waals surface area contributed by atoms with Gasteiger partial charge in [-0.2, -0.15) is 0 Å². The predicted octanol–water partition coefficient (Wildman–Crippen LogP) is 5.67. The molecule has 6 heteroatoms. The number of aliphatic carboxylic acids is 1. The van der Waals surface area contributed by atoms with Crippen LogP contribution < -0.4 is 0 Å². The number of hydrogen-bond acceptors (Lipinski definition) is 3. The number of halogens is 1. The average Bonchev–Trinajstić information content (AvgIpc) is 3.09. The smallest absolute Gasteiger partial charge is 0.410 e. The van der Waals surface area contributed by atoms with Gasteiger partial charge >= 0.3 is 12.1 Å². The number of amides is 1. The molecule has 0 unspecified atom stereocenters. The number of carbonyl (C=O) groups excluding carboxylic acids is 1. The second kappa shape index (κ2) is 9.35. The molecule has 0 saturated heterocycles. The van der Waals surface area contributed by atoms with E-state index in [0.29, 0.717) is 0 Å². The summed E-state index contributed by atoms with van der Waals surface area (Å²) < 4.78 is 6.62. The Hall–Kier alpha value is -3.12. The van der Waals surface area contributed by atoms with Gasteiger partial charge in [-0.15, -0.1) is 0 Å². The fourth-order valence-electron chi connectivity index (χ4n) is 4.01. The van der Waals surface area contributed by atoms with Crippen LogP contribution in [0.4, 0.5) is 4.79 Å². The Morgan fingerprint density at radius 1 is 0.935 bits per heavy atom. The topological polar surface area (TPSA) is 66.8 Å². The van der Waals surface area contributed by atoms with Crippen molar-refractivity contribution in [2.24, 2.45) is 0 Å². The first-order valence-electron chi connectivity index (χ1n) is 10.1. The van der Waals surface area contributed by atoms with Gasteiger partial charge < -0.3 is 14.7 Å². The largest absolute Gasteiger partial charge is 0.481 e. The number of benzene rings is 3. The minimum atomic E-state index is -0.953. The van der Waals surface area contributed by atoms with E-state index < -0.39 is 12.1 Å². The summed E-state index contributed by atoms with van der Waals surface area (Å²) in [5.74, 6) is -0.991. The van der Waals surface area contributed by atoms with Crippen molar-refractivity contribution < 1.29 is 19.4 Å². The number of nitrogens with zero attached hydrogens (tertiary/aromatic N) is 1. The predicted molar refractivity (Wildman–Crippen MR) is 122 cm³/mol. The Labute approximate surface area is 189 Å². The number of fused-ring (bicyclic) bond motifs is 3. The van der Waals surface area contributed by atoms with Crippen molar-refractivity contribution in [3.8, 4) is 11.1 Å². The third kappa shape index (κ3) is 4.80. The van der Waals surface area contributed by atoms with E-state index in [2.05, 4.69) is 40.2 Å². The van der Waals surface area contributed by atoms with E-state index in [0.717, 1.165) is 32.3 Å². The molecule has 3 aromatic rings. The summed E-state index contributed by atoms with van der Waals surface area (Å²) in [5, 5.41) is 9.09. The van der Waals surface area contributed by atoms with E-state index in [9.17, 15) is 9.59 Å². The Morgan fingerprint density at radius 2 is 1.58 bits per heavy atom. The second-order valence-corrected chi connectivity index (χ2v) is 8.41. The molecule has 0 aromatic heterocycles. The summed E-state index contributed by atoms with van der Waals surface area (Å²) in [6, 6.07) is 23.9. The lowest BCUT2D eigenvalue weighted by atomic mass is 9.98. The molecule has 31 heavy (non-hydrogen) atoms. The number of carboxylic acid groups (broad SMARTS) is 1. The van der Waals surface area contributed by atoms with E-state index in [1.165, 1.54) is 4.90 Å². The lowest BCUT2D eigenvalue weighted by Gasteiger charge is -2.23. The quantitative estimate of drug-likeness (QED) is 0.473. The van der Waals surface area contributed by atoms with Crippen LogP contribution in [0.3, 0.4) is 0 Å². The van der Waals surface area contributed by atoms with Gasteiger partial charge in [0.15, 0.2) is 0 Å². The monoisotopic (exact) mass is 479 g/mol. The molecule has 0 radical (unpaired) electrons. The highest BCUT2D eigenvalue weighted by atomic mass is 79.9. The Morgan fingerprint density at radius 3 is 2.19 bits per heavy atom. The van der Waals surface area contributed by atoms with E-state index >= 15 is 0 Å². The van der Waals surface area contributed by atoms with Crippen LogP contribution in [-0.4, -0.2) is 35.2 Å². The third-order valence-electron chi connectivity index (χ3n) is 5.45. The standard InChI is InChI=1S/C25H22BrNO4/c26-18-7-5-6-17(14-18)15-27(13-12-24(28)29)25(30)31-16-23-21-10-3-1-8-19(21)20-9-2-4-11-22(20)23/h1-11,14,23H,12-13,15-16H2,(H,28,29). The molecule has 0 fully saturated rings. The first-order valence-corrected chi connectivity index (χ1v) is 10.9. The third-order valence-corrected chi connectivity index (χ3v) is 5.95. The summed E-state index contributed by atoms with van der Waals surface area (Å²) in [4.78, 5) is 25.5. The van der Waals surface area contributed by atoms with Gasteiger partial charge in [0, 0.05) is 23.5 Å². The van der Waals surface area contributed by atoms with Gasteiger partial charge in [-0.25, -0.2) is 4.79 Å². The molecular weight excluding hydrogens is 458 g/mol. The minimum absolute atomic E-state index is 0.0384. The molecule has 0 heterocycles. The van der Waals surface area contributed by atoms with Crippen molar-refractivity contribution in [3.05, 3.63) is 94.0 Å².